The SMILES string of the molecule is Cc1cnc(OC(C)(C)C)c(N2CCC(CCc3ccccc3F)(COc3ccccc3F)CC2)n1. The molecule has 0 amide bonds. The first-order valence-electron chi connectivity index (χ1n) is 12.5. The van der Waals surface area contributed by atoms with Crippen molar-refractivity contribution >= 4 is 5.82 Å². The fourth-order valence-electron chi connectivity index (χ4n) is 4.57. The quantitative estimate of drug-likeness (QED) is 0.355. The number of aryl methyl sites for hydroxylation is 2. The van der Waals surface area contributed by atoms with Crippen LogP contribution < -0.4 is 14.4 Å². The molecule has 5 nitrogen and oxygen atoms in total. The van der Waals surface area contributed by atoms with Crippen molar-refractivity contribution in [1.82, 2.24) is 9.97 Å². The summed E-state index contributed by atoms with van der Waals surface area (Å²) >= 11 is 0. The Morgan fingerprint density at radius 3 is 2.31 bits per heavy atom. The van der Waals surface area contributed by atoms with E-state index >= 15 is 0 Å². The van der Waals surface area contributed by atoms with Gasteiger partial charge < -0.3 is 14.4 Å². The molecule has 7 heteroatoms. The first-order valence-corrected chi connectivity index (χ1v) is 12.5. The number of nitrogens with zero attached hydrogens (tertiary/aromatic N) is 3. The van der Waals surface area contributed by atoms with Crippen LogP contribution in [0.15, 0.2) is 54.7 Å². The number of ether oxygens (including phenoxy) is 2. The molecule has 0 atom stereocenters. The van der Waals surface area contributed by atoms with E-state index in [0.717, 1.165) is 43.9 Å². The van der Waals surface area contributed by atoms with Crippen molar-refractivity contribution in [3.05, 3.63) is 77.6 Å². The van der Waals surface area contributed by atoms with E-state index in [9.17, 15) is 8.78 Å². The van der Waals surface area contributed by atoms with E-state index in [0.29, 0.717) is 24.5 Å². The van der Waals surface area contributed by atoms with Crippen molar-refractivity contribution < 1.29 is 18.3 Å². The molecular formula is C29H35F2N3O2. The fourth-order valence-corrected chi connectivity index (χ4v) is 4.57. The van der Waals surface area contributed by atoms with Gasteiger partial charge in [-0.05, 0) is 77.1 Å². The number of piperidine rings is 1. The largest absolute Gasteiger partial charge is 0.490 e. The minimum atomic E-state index is -0.397. The van der Waals surface area contributed by atoms with Gasteiger partial charge in [0.05, 0.1) is 18.5 Å². The number of halogens is 2. The van der Waals surface area contributed by atoms with Crippen LogP contribution in [-0.4, -0.2) is 35.3 Å². The number of benzene rings is 2. The Labute approximate surface area is 212 Å². The van der Waals surface area contributed by atoms with Gasteiger partial charge in [0, 0.05) is 18.5 Å². The summed E-state index contributed by atoms with van der Waals surface area (Å²) in [5.41, 5.74) is 0.885. The van der Waals surface area contributed by atoms with Gasteiger partial charge in [0.15, 0.2) is 17.4 Å². The van der Waals surface area contributed by atoms with Crippen LogP contribution in [0.3, 0.4) is 0 Å². The Balaban J connectivity index is 1.53. The number of anilines is 1. The van der Waals surface area contributed by atoms with Gasteiger partial charge in [-0.25, -0.2) is 18.7 Å². The lowest BCUT2D eigenvalue weighted by Crippen LogP contribution is -2.44. The van der Waals surface area contributed by atoms with Gasteiger partial charge >= 0.3 is 0 Å². The summed E-state index contributed by atoms with van der Waals surface area (Å²) in [7, 11) is 0. The lowest BCUT2D eigenvalue weighted by molar-refractivity contribution is 0.0976. The lowest BCUT2D eigenvalue weighted by atomic mass is 9.74. The summed E-state index contributed by atoms with van der Waals surface area (Å²) < 4.78 is 40.7. The molecule has 0 bridgehead atoms. The Hall–Kier alpha value is -3.22. The van der Waals surface area contributed by atoms with E-state index < -0.39 is 5.60 Å². The smallest absolute Gasteiger partial charge is 0.258 e. The van der Waals surface area contributed by atoms with E-state index in [-0.39, 0.29) is 22.8 Å². The summed E-state index contributed by atoms with van der Waals surface area (Å²) in [5, 5.41) is 0. The summed E-state index contributed by atoms with van der Waals surface area (Å²) in [5.74, 6) is 0.935. The third-order valence-electron chi connectivity index (χ3n) is 6.62. The molecule has 0 N–H and O–H groups in total. The van der Waals surface area contributed by atoms with Gasteiger partial charge in [0.1, 0.15) is 11.4 Å². The number of aromatic nitrogens is 2. The topological polar surface area (TPSA) is 47.5 Å². The molecule has 4 rings (SSSR count). The Morgan fingerprint density at radius 1 is 0.972 bits per heavy atom. The zero-order valence-corrected chi connectivity index (χ0v) is 21.6. The van der Waals surface area contributed by atoms with E-state index in [4.69, 9.17) is 14.5 Å². The summed E-state index contributed by atoms with van der Waals surface area (Å²) in [6.07, 6.45) is 4.63. The first kappa shape index (κ1) is 25.9. The molecule has 1 fully saturated rings. The molecule has 36 heavy (non-hydrogen) atoms. The van der Waals surface area contributed by atoms with Crippen LogP contribution in [0, 0.1) is 24.0 Å². The second-order valence-corrected chi connectivity index (χ2v) is 10.7. The van der Waals surface area contributed by atoms with Crippen LogP contribution in [-0.2, 0) is 6.42 Å². The Morgan fingerprint density at radius 2 is 1.64 bits per heavy atom. The van der Waals surface area contributed by atoms with Gasteiger partial charge in [-0.1, -0.05) is 30.3 Å². The highest BCUT2D eigenvalue weighted by Crippen LogP contribution is 2.40. The van der Waals surface area contributed by atoms with Crippen LogP contribution in [0.5, 0.6) is 11.6 Å². The molecule has 2 heterocycles. The molecule has 1 saturated heterocycles. The van der Waals surface area contributed by atoms with E-state index in [2.05, 4.69) is 9.88 Å². The monoisotopic (exact) mass is 495 g/mol. The number of rotatable bonds is 8. The molecule has 0 aliphatic carbocycles. The predicted octanol–water partition coefficient (Wildman–Crippen LogP) is 6.54. The standard InChI is InChI=1S/C29H35F2N3O2/c1-21-19-32-27(36-28(2,3)4)26(33-21)34-17-15-29(16-18-34,14-13-22-9-5-6-10-23(22)30)20-35-25-12-8-7-11-24(25)31/h5-12,19H,13-18,20H2,1-4H3. The Bertz CT molecular complexity index is 1120. The molecule has 0 unspecified atom stereocenters. The van der Waals surface area contributed by atoms with Crippen LogP contribution in [0.25, 0.3) is 0 Å². The Kier molecular flexibility index (Phi) is 7.76. The highest BCUT2D eigenvalue weighted by Gasteiger charge is 2.37. The molecule has 0 radical (unpaired) electrons. The highest BCUT2D eigenvalue weighted by atomic mass is 19.1. The third kappa shape index (κ3) is 6.50. The molecule has 0 spiro atoms. The second kappa shape index (κ2) is 10.8. The second-order valence-electron chi connectivity index (χ2n) is 10.7. The van der Waals surface area contributed by atoms with E-state index in [1.807, 2.05) is 39.8 Å². The van der Waals surface area contributed by atoms with Crippen molar-refractivity contribution in [3.8, 4) is 11.6 Å². The van der Waals surface area contributed by atoms with Gasteiger partial charge in [-0.3, -0.25) is 0 Å². The van der Waals surface area contributed by atoms with Gasteiger partial charge in [0.2, 0.25) is 0 Å². The molecule has 3 aromatic rings. The van der Waals surface area contributed by atoms with Crippen molar-refractivity contribution in [2.45, 2.75) is 59.0 Å². The molecule has 1 aliphatic heterocycles. The van der Waals surface area contributed by atoms with E-state index in [1.165, 1.54) is 12.1 Å². The maximum Gasteiger partial charge on any atom is 0.258 e. The minimum absolute atomic E-state index is 0.195. The molecule has 192 valence electrons. The molecule has 2 aromatic carbocycles. The maximum atomic E-state index is 14.4. The summed E-state index contributed by atoms with van der Waals surface area (Å²) in [6.45, 7) is 9.68. The third-order valence-corrected chi connectivity index (χ3v) is 6.62. The van der Waals surface area contributed by atoms with Crippen molar-refractivity contribution in [3.63, 3.8) is 0 Å². The average Bonchev–Trinajstić information content (AvgIpc) is 2.84. The zero-order chi connectivity index (χ0) is 25.8. The number of hydrogen-bond donors (Lipinski definition) is 0. The zero-order valence-electron chi connectivity index (χ0n) is 21.6. The summed E-state index contributed by atoms with van der Waals surface area (Å²) in [6, 6.07) is 13.3. The van der Waals surface area contributed by atoms with E-state index in [1.54, 1.807) is 30.5 Å². The predicted molar refractivity (Wildman–Crippen MR) is 138 cm³/mol. The van der Waals surface area contributed by atoms with Gasteiger partial charge in [-0.2, -0.15) is 0 Å². The molecule has 1 aliphatic rings. The first-order chi connectivity index (χ1) is 17.1. The van der Waals surface area contributed by atoms with Crippen molar-refractivity contribution in [2.24, 2.45) is 5.41 Å². The molecule has 1 aromatic heterocycles. The normalized spacial score (nSPS) is 15.6. The van der Waals surface area contributed by atoms with Crippen LogP contribution >= 0.6 is 0 Å². The van der Waals surface area contributed by atoms with Crippen molar-refractivity contribution in [2.75, 3.05) is 24.6 Å². The minimum Gasteiger partial charge on any atom is -0.490 e. The van der Waals surface area contributed by atoms with Crippen LogP contribution in [0.4, 0.5) is 14.6 Å². The van der Waals surface area contributed by atoms with Gasteiger partial charge in [0.25, 0.3) is 5.88 Å². The highest BCUT2D eigenvalue weighted by molar-refractivity contribution is 5.49. The number of para-hydroxylation sites is 1. The average molecular weight is 496 g/mol. The van der Waals surface area contributed by atoms with Gasteiger partial charge in [-0.15, -0.1) is 0 Å². The van der Waals surface area contributed by atoms with Crippen molar-refractivity contribution in [1.29, 1.82) is 0 Å². The van der Waals surface area contributed by atoms with Crippen LogP contribution in [0.2, 0.25) is 0 Å². The summed E-state index contributed by atoms with van der Waals surface area (Å²) in [4.78, 5) is 11.5. The maximum absolute atomic E-state index is 14.4. The molecular weight excluding hydrogens is 460 g/mol. The fraction of sp³-hybridized carbons (Fsp3) is 0.448. The lowest BCUT2D eigenvalue weighted by Gasteiger charge is -2.42. The number of hydrogen-bond acceptors (Lipinski definition) is 5. The molecule has 0 saturated carbocycles. The van der Waals surface area contributed by atoms with Crippen LogP contribution in [0.1, 0.15) is 51.3 Å².